The molecule has 1 saturated heterocycles. The van der Waals surface area contributed by atoms with Crippen molar-refractivity contribution in [3.63, 3.8) is 0 Å². The Morgan fingerprint density at radius 3 is 2.83 bits per heavy atom. The standard InChI is InChI=1S/C15H24N2O/c1-11(2)14-9-12(6-7-15(14)16)17-8-4-3-5-13(17)10-18/h6-7,9,11,13,18H,3-5,8,10,16H2,1-2H3. The lowest BCUT2D eigenvalue weighted by Gasteiger charge is -2.37. The molecule has 0 saturated carbocycles. The summed E-state index contributed by atoms with van der Waals surface area (Å²) in [6.45, 7) is 5.60. The van der Waals surface area contributed by atoms with Gasteiger partial charge in [-0.2, -0.15) is 0 Å². The van der Waals surface area contributed by atoms with E-state index in [4.69, 9.17) is 5.73 Å². The first-order valence-corrected chi connectivity index (χ1v) is 6.90. The quantitative estimate of drug-likeness (QED) is 0.809. The van der Waals surface area contributed by atoms with Crippen molar-refractivity contribution in [1.82, 2.24) is 0 Å². The molecule has 1 aromatic carbocycles. The molecule has 3 nitrogen and oxygen atoms in total. The van der Waals surface area contributed by atoms with Crippen LogP contribution in [0.25, 0.3) is 0 Å². The summed E-state index contributed by atoms with van der Waals surface area (Å²) in [6, 6.07) is 6.53. The highest BCUT2D eigenvalue weighted by Crippen LogP contribution is 2.30. The summed E-state index contributed by atoms with van der Waals surface area (Å²) in [7, 11) is 0. The van der Waals surface area contributed by atoms with Gasteiger partial charge >= 0.3 is 0 Å². The molecule has 100 valence electrons. The molecule has 1 aliphatic rings. The first-order chi connectivity index (χ1) is 8.63. The number of anilines is 2. The summed E-state index contributed by atoms with van der Waals surface area (Å²) in [5, 5.41) is 9.49. The predicted molar refractivity (Wildman–Crippen MR) is 77.0 cm³/mol. The average molecular weight is 248 g/mol. The van der Waals surface area contributed by atoms with E-state index in [1.807, 2.05) is 6.07 Å². The van der Waals surface area contributed by atoms with Gasteiger partial charge in [-0.25, -0.2) is 0 Å². The van der Waals surface area contributed by atoms with Crippen LogP contribution in [-0.4, -0.2) is 24.3 Å². The van der Waals surface area contributed by atoms with E-state index in [1.54, 1.807) is 0 Å². The number of hydrogen-bond donors (Lipinski definition) is 2. The van der Waals surface area contributed by atoms with Gasteiger partial charge in [-0.1, -0.05) is 13.8 Å². The van der Waals surface area contributed by atoms with E-state index in [-0.39, 0.29) is 12.6 Å². The third kappa shape index (κ3) is 2.61. The molecule has 0 aromatic heterocycles. The zero-order valence-corrected chi connectivity index (χ0v) is 11.4. The highest BCUT2D eigenvalue weighted by Gasteiger charge is 2.22. The summed E-state index contributed by atoms with van der Waals surface area (Å²) in [6.07, 6.45) is 3.50. The van der Waals surface area contributed by atoms with Crippen LogP contribution in [-0.2, 0) is 0 Å². The van der Waals surface area contributed by atoms with E-state index in [0.29, 0.717) is 5.92 Å². The van der Waals surface area contributed by atoms with Crippen LogP contribution in [0.4, 0.5) is 11.4 Å². The van der Waals surface area contributed by atoms with Crippen LogP contribution in [0, 0.1) is 0 Å². The summed E-state index contributed by atoms with van der Waals surface area (Å²) < 4.78 is 0. The zero-order valence-electron chi connectivity index (χ0n) is 11.4. The van der Waals surface area contributed by atoms with E-state index in [0.717, 1.165) is 18.7 Å². The summed E-state index contributed by atoms with van der Waals surface area (Å²) in [5.41, 5.74) is 9.29. The number of piperidine rings is 1. The molecule has 1 atom stereocenters. The van der Waals surface area contributed by atoms with Gasteiger partial charge in [0.05, 0.1) is 12.6 Å². The minimum absolute atomic E-state index is 0.237. The molecule has 18 heavy (non-hydrogen) atoms. The van der Waals surface area contributed by atoms with Crippen LogP contribution in [0.5, 0.6) is 0 Å². The van der Waals surface area contributed by atoms with Crippen molar-refractivity contribution in [3.8, 4) is 0 Å². The molecule has 3 N–H and O–H groups in total. The summed E-state index contributed by atoms with van der Waals surface area (Å²) in [5.74, 6) is 0.433. The van der Waals surface area contributed by atoms with Crippen LogP contribution < -0.4 is 10.6 Å². The number of nitrogens with zero attached hydrogens (tertiary/aromatic N) is 1. The fraction of sp³-hybridized carbons (Fsp3) is 0.600. The van der Waals surface area contributed by atoms with Gasteiger partial charge < -0.3 is 15.7 Å². The van der Waals surface area contributed by atoms with Gasteiger partial charge in [0.25, 0.3) is 0 Å². The van der Waals surface area contributed by atoms with Crippen LogP contribution in [0.2, 0.25) is 0 Å². The molecule has 0 aliphatic carbocycles. The van der Waals surface area contributed by atoms with Crippen molar-refractivity contribution in [1.29, 1.82) is 0 Å². The van der Waals surface area contributed by atoms with E-state index in [2.05, 4.69) is 30.9 Å². The van der Waals surface area contributed by atoms with Gasteiger partial charge in [0.15, 0.2) is 0 Å². The number of rotatable bonds is 3. The maximum Gasteiger partial charge on any atom is 0.0635 e. The summed E-state index contributed by atoms with van der Waals surface area (Å²) >= 11 is 0. The van der Waals surface area contributed by atoms with Crippen LogP contribution in [0.3, 0.4) is 0 Å². The molecule has 1 unspecified atom stereocenters. The minimum Gasteiger partial charge on any atom is -0.398 e. The number of nitrogens with two attached hydrogens (primary N) is 1. The fourth-order valence-corrected chi connectivity index (χ4v) is 2.77. The topological polar surface area (TPSA) is 49.5 Å². The van der Waals surface area contributed by atoms with Gasteiger partial charge in [-0.15, -0.1) is 0 Å². The Morgan fingerprint density at radius 1 is 1.39 bits per heavy atom. The molecule has 0 spiro atoms. The second-order valence-electron chi connectivity index (χ2n) is 5.49. The average Bonchev–Trinajstić information content (AvgIpc) is 2.39. The SMILES string of the molecule is CC(C)c1cc(N2CCCCC2CO)ccc1N. The molecule has 1 aromatic rings. The Hall–Kier alpha value is -1.22. The first kappa shape index (κ1) is 13.2. The Bertz CT molecular complexity index is 403. The molecule has 2 rings (SSSR count). The van der Waals surface area contributed by atoms with Gasteiger partial charge in [0, 0.05) is 17.9 Å². The van der Waals surface area contributed by atoms with Crippen LogP contribution in [0.1, 0.15) is 44.6 Å². The molecule has 1 aliphatic heterocycles. The highest BCUT2D eigenvalue weighted by atomic mass is 16.3. The molecule has 0 amide bonds. The number of aliphatic hydroxyl groups excluding tert-OH is 1. The van der Waals surface area contributed by atoms with Gasteiger partial charge in [-0.05, 0) is 48.9 Å². The van der Waals surface area contributed by atoms with Crippen LogP contribution in [0.15, 0.2) is 18.2 Å². The minimum atomic E-state index is 0.237. The van der Waals surface area contributed by atoms with E-state index in [9.17, 15) is 5.11 Å². The van der Waals surface area contributed by atoms with Gasteiger partial charge in [-0.3, -0.25) is 0 Å². The van der Waals surface area contributed by atoms with Crippen molar-refractivity contribution >= 4 is 11.4 Å². The molecular formula is C15H24N2O. The van der Waals surface area contributed by atoms with Crippen molar-refractivity contribution in [2.45, 2.75) is 45.1 Å². The largest absolute Gasteiger partial charge is 0.398 e. The second kappa shape index (κ2) is 5.61. The highest BCUT2D eigenvalue weighted by molar-refractivity contribution is 5.60. The Balaban J connectivity index is 2.29. The number of nitrogen functional groups attached to an aromatic ring is 1. The first-order valence-electron chi connectivity index (χ1n) is 6.90. The van der Waals surface area contributed by atoms with E-state index < -0.39 is 0 Å². The lowest BCUT2D eigenvalue weighted by atomic mass is 9.97. The summed E-state index contributed by atoms with van der Waals surface area (Å²) in [4.78, 5) is 2.33. The lowest BCUT2D eigenvalue weighted by Crippen LogP contribution is -2.41. The second-order valence-corrected chi connectivity index (χ2v) is 5.49. The number of hydrogen-bond acceptors (Lipinski definition) is 3. The fourth-order valence-electron chi connectivity index (χ4n) is 2.77. The Kier molecular flexibility index (Phi) is 4.12. The Morgan fingerprint density at radius 2 is 2.17 bits per heavy atom. The molecular weight excluding hydrogens is 224 g/mol. The zero-order chi connectivity index (χ0) is 13.1. The Labute approximate surface area is 110 Å². The number of benzene rings is 1. The monoisotopic (exact) mass is 248 g/mol. The van der Waals surface area contributed by atoms with E-state index >= 15 is 0 Å². The smallest absolute Gasteiger partial charge is 0.0635 e. The molecule has 1 fully saturated rings. The van der Waals surface area contributed by atoms with Crippen molar-refractivity contribution in [2.75, 3.05) is 23.8 Å². The van der Waals surface area contributed by atoms with Crippen LogP contribution >= 0.6 is 0 Å². The maximum atomic E-state index is 9.49. The predicted octanol–water partition coefficient (Wildman–Crippen LogP) is 2.74. The van der Waals surface area contributed by atoms with Crippen molar-refractivity contribution in [2.24, 2.45) is 0 Å². The lowest BCUT2D eigenvalue weighted by molar-refractivity contribution is 0.240. The molecule has 0 radical (unpaired) electrons. The van der Waals surface area contributed by atoms with Gasteiger partial charge in [0.2, 0.25) is 0 Å². The maximum absolute atomic E-state index is 9.49. The molecule has 0 bridgehead atoms. The number of aliphatic hydroxyl groups is 1. The normalized spacial score (nSPS) is 20.4. The van der Waals surface area contributed by atoms with E-state index in [1.165, 1.54) is 24.1 Å². The van der Waals surface area contributed by atoms with Gasteiger partial charge in [0.1, 0.15) is 0 Å². The third-order valence-corrected chi connectivity index (χ3v) is 3.86. The molecule has 1 heterocycles. The van der Waals surface area contributed by atoms with Crippen molar-refractivity contribution in [3.05, 3.63) is 23.8 Å². The third-order valence-electron chi connectivity index (χ3n) is 3.86. The molecule has 3 heteroatoms. The van der Waals surface area contributed by atoms with Crippen molar-refractivity contribution < 1.29 is 5.11 Å².